The lowest BCUT2D eigenvalue weighted by atomic mass is 10.2. The van der Waals surface area contributed by atoms with Crippen LogP contribution in [-0.4, -0.2) is 17.3 Å². The Bertz CT molecular complexity index is 289. The molecule has 1 aliphatic rings. The van der Waals surface area contributed by atoms with Crippen LogP contribution in [0.4, 0.5) is 0 Å². The van der Waals surface area contributed by atoms with E-state index in [2.05, 4.69) is 5.48 Å². The minimum absolute atomic E-state index is 0.105. The van der Waals surface area contributed by atoms with E-state index in [9.17, 15) is 5.11 Å². The number of aliphatic hydroxyl groups excluding tert-OH is 1. The molecule has 3 heteroatoms. The molecule has 0 bridgehead atoms. The van der Waals surface area contributed by atoms with Gasteiger partial charge in [-0.25, -0.2) is 0 Å². The molecule has 15 heavy (non-hydrogen) atoms. The number of benzene rings is 1. The number of aliphatic hydroxyl groups is 1. The van der Waals surface area contributed by atoms with E-state index in [-0.39, 0.29) is 12.1 Å². The third-order valence-corrected chi connectivity index (χ3v) is 2.80. The van der Waals surface area contributed by atoms with E-state index >= 15 is 0 Å². The Morgan fingerprint density at radius 3 is 2.73 bits per heavy atom. The van der Waals surface area contributed by atoms with Crippen LogP contribution in [0.3, 0.4) is 0 Å². The van der Waals surface area contributed by atoms with Crippen LogP contribution in [0.1, 0.15) is 24.8 Å². The fourth-order valence-electron chi connectivity index (χ4n) is 1.88. The Labute approximate surface area is 90.0 Å². The Morgan fingerprint density at radius 1 is 1.27 bits per heavy atom. The normalized spacial score (nSPS) is 25.7. The molecule has 2 N–H and O–H groups in total. The largest absolute Gasteiger partial charge is 0.391 e. The minimum atomic E-state index is -0.249. The number of hydrogen-bond acceptors (Lipinski definition) is 3. The van der Waals surface area contributed by atoms with E-state index in [1.807, 2.05) is 30.3 Å². The van der Waals surface area contributed by atoms with Crippen molar-refractivity contribution < 1.29 is 9.94 Å². The second-order valence-corrected chi connectivity index (χ2v) is 4.00. The number of rotatable bonds is 4. The molecule has 1 aromatic rings. The van der Waals surface area contributed by atoms with E-state index in [1.165, 1.54) is 0 Å². The maximum atomic E-state index is 9.54. The molecule has 1 aromatic carbocycles. The zero-order chi connectivity index (χ0) is 10.5. The summed E-state index contributed by atoms with van der Waals surface area (Å²) in [6.45, 7) is 0.546. The van der Waals surface area contributed by atoms with E-state index in [1.54, 1.807) is 0 Å². The van der Waals surface area contributed by atoms with Gasteiger partial charge in [-0.3, -0.25) is 4.84 Å². The molecule has 0 unspecified atom stereocenters. The average molecular weight is 207 g/mol. The van der Waals surface area contributed by atoms with Crippen LogP contribution in [0.15, 0.2) is 30.3 Å². The summed E-state index contributed by atoms with van der Waals surface area (Å²) in [6, 6.07) is 10.1. The van der Waals surface area contributed by atoms with Gasteiger partial charge >= 0.3 is 0 Å². The molecule has 3 nitrogen and oxygen atoms in total. The van der Waals surface area contributed by atoms with Gasteiger partial charge in [-0.05, 0) is 24.8 Å². The van der Waals surface area contributed by atoms with Gasteiger partial charge in [0.05, 0.1) is 18.8 Å². The van der Waals surface area contributed by atoms with Crippen LogP contribution in [0.25, 0.3) is 0 Å². The van der Waals surface area contributed by atoms with Crippen LogP contribution in [-0.2, 0) is 11.4 Å². The Balaban J connectivity index is 1.71. The van der Waals surface area contributed by atoms with Gasteiger partial charge in [-0.1, -0.05) is 30.3 Å². The van der Waals surface area contributed by atoms with Crippen molar-refractivity contribution in [2.75, 3.05) is 0 Å². The Kier molecular flexibility index (Phi) is 3.72. The van der Waals surface area contributed by atoms with Crippen molar-refractivity contribution in [3.8, 4) is 0 Å². The summed E-state index contributed by atoms with van der Waals surface area (Å²) in [5.41, 5.74) is 4.07. The number of hydrogen-bond donors (Lipinski definition) is 2. The standard InChI is InChI=1S/C12H17NO2/c14-12-8-4-7-11(12)13-15-9-10-5-2-1-3-6-10/h1-3,5-6,11-14H,4,7-9H2/t11-,12-/m0/s1. The third-order valence-electron chi connectivity index (χ3n) is 2.80. The van der Waals surface area contributed by atoms with Gasteiger partial charge in [0.15, 0.2) is 0 Å². The number of hydroxylamine groups is 1. The molecule has 0 saturated heterocycles. The van der Waals surface area contributed by atoms with E-state index in [0.717, 1.165) is 24.8 Å². The molecular weight excluding hydrogens is 190 g/mol. The molecule has 0 aliphatic heterocycles. The van der Waals surface area contributed by atoms with E-state index in [0.29, 0.717) is 6.61 Å². The molecule has 82 valence electrons. The Morgan fingerprint density at radius 2 is 2.07 bits per heavy atom. The summed E-state index contributed by atoms with van der Waals surface area (Å²) in [5.74, 6) is 0. The highest BCUT2D eigenvalue weighted by Gasteiger charge is 2.24. The first-order valence-electron chi connectivity index (χ1n) is 5.45. The minimum Gasteiger partial charge on any atom is -0.391 e. The van der Waals surface area contributed by atoms with Crippen molar-refractivity contribution in [1.82, 2.24) is 5.48 Å². The molecule has 1 fully saturated rings. The summed E-state index contributed by atoms with van der Waals surface area (Å²) in [5, 5.41) is 9.54. The van der Waals surface area contributed by atoms with Gasteiger partial charge in [0.25, 0.3) is 0 Å². The van der Waals surface area contributed by atoms with Crippen LogP contribution in [0, 0.1) is 0 Å². The molecule has 2 atom stereocenters. The van der Waals surface area contributed by atoms with E-state index in [4.69, 9.17) is 4.84 Å². The molecule has 0 radical (unpaired) electrons. The third kappa shape index (κ3) is 3.02. The van der Waals surface area contributed by atoms with Crippen molar-refractivity contribution in [1.29, 1.82) is 0 Å². The van der Waals surface area contributed by atoms with Crippen molar-refractivity contribution in [2.45, 2.75) is 38.0 Å². The second kappa shape index (κ2) is 5.26. The van der Waals surface area contributed by atoms with Crippen LogP contribution >= 0.6 is 0 Å². The fraction of sp³-hybridized carbons (Fsp3) is 0.500. The van der Waals surface area contributed by atoms with Gasteiger partial charge in [0.2, 0.25) is 0 Å². The van der Waals surface area contributed by atoms with E-state index < -0.39 is 0 Å². The molecule has 0 spiro atoms. The predicted octanol–water partition coefficient (Wildman–Crippen LogP) is 1.62. The maximum absolute atomic E-state index is 9.54. The van der Waals surface area contributed by atoms with Crippen LogP contribution < -0.4 is 5.48 Å². The molecule has 0 heterocycles. The Hall–Kier alpha value is -0.900. The highest BCUT2D eigenvalue weighted by Crippen LogP contribution is 2.18. The molecule has 1 aliphatic carbocycles. The van der Waals surface area contributed by atoms with Crippen molar-refractivity contribution in [2.24, 2.45) is 0 Å². The first-order chi connectivity index (χ1) is 7.36. The summed E-state index contributed by atoms with van der Waals surface area (Å²) in [7, 11) is 0. The van der Waals surface area contributed by atoms with Crippen molar-refractivity contribution in [3.63, 3.8) is 0 Å². The van der Waals surface area contributed by atoms with Crippen molar-refractivity contribution in [3.05, 3.63) is 35.9 Å². The zero-order valence-electron chi connectivity index (χ0n) is 8.73. The summed E-state index contributed by atoms with van der Waals surface area (Å²) in [6.07, 6.45) is 2.70. The smallest absolute Gasteiger partial charge is 0.0933 e. The second-order valence-electron chi connectivity index (χ2n) is 4.00. The van der Waals surface area contributed by atoms with Crippen molar-refractivity contribution >= 4 is 0 Å². The van der Waals surface area contributed by atoms with Gasteiger partial charge in [0.1, 0.15) is 0 Å². The molecule has 0 aromatic heterocycles. The average Bonchev–Trinajstić information content (AvgIpc) is 2.66. The first kappa shape index (κ1) is 10.6. The van der Waals surface area contributed by atoms with Gasteiger partial charge in [-0.15, -0.1) is 0 Å². The zero-order valence-corrected chi connectivity index (χ0v) is 8.73. The predicted molar refractivity (Wildman–Crippen MR) is 58.0 cm³/mol. The summed E-state index contributed by atoms with van der Waals surface area (Å²) < 4.78 is 0. The van der Waals surface area contributed by atoms with Gasteiger partial charge in [0, 0.05) is 0 Å². The highest BCUT2D eigenvalue weighted by molar-refractivity contribution is 5.13. The lowest BCUT2D eigenvalue weighted by molar-refractivity contribution is -0.0228. The molecule has 0 amide bonds. The fourth-order valence-corrected chi connectivity index (χ4v) is 1.88. The topological polar surface area (TPSA) is 41.5 Å². The summed E-state index contributed by atoms with van der Waals surface area (Å²) in [4.78, 5) is 5.36. The lowest BCUT2D eigenvalue weighted by Gasteiger charge is -2.15. The SMILES string of the molecule is O[C@H]1CCC[C@@H]1NOCc1ccccc1. The molecular formula is C12H17NO2. The monoisotopic (exact) mass is 207 g/mol. The molecule has 2 rings (SSSR count). The summed E-state index contributed by atoms with van der Waals surface area (Å²) >= 11 is 0. The van der Waals surface area contributed by atoms with Crippen LogP contribution in [0.5, 0.6) is 0 Å². The van der Waals surface area contributed by atoms with Gasteiger partial charge < -0.3 is 5.11 Å². The molecule has 1 saturated carbocycles. The first-order valence-corrected chi connectivity index (χ1v) is 5.45. The van der Waals surface area contributed by atoms with Crippen LogP contribution in [0.2, 0.25) is 0 Å². The van der Waals surface area contributed by atoms with Gasteiger partial charge in [-0.2, -0.15) is 5.48 Å². The maximum Gasteiger partial charge on any atom is 0.0933 e. The lowest BCUT2D eigenvalue weighted by Crippen LogP contribution is -2.35. The number of nitrogens with one attached hydrogen (secondary N) is 1. The highest BCUT2D eigenvalue weighted by atomic mass is 16.6. The quantitative estimate of drug-likeness (QED) is 0.737.